The van der Waals surface area contributed by atoms with Gasteiger partial charge in [0, 0.05) is 42.0 Å². The lowest BCUT2D eigenvalue weighted by Crippen LogP contribution is -2.28. The van der Waals surface area contributed by atoms with Crippen molar-refractivity contribution >= 4 is 34.8 Å². The molecule has 2 heterocycles. The first-order valence-corrected chi connectivity index (χ1v) is 10.3. The maximum Gasteiger partial charge on any atom is 0.229 e. The Balaban J connectivity index is 1.38. The minimum Gasteiger partial charge on any atom is -0.486 e. The van der Waals surface area contributed by atoms with Gasteiger partial charge in [-0.05, 0) is 36.4 Å². The molecule has 1 atom stereocenters. The summed E-state index contributed by atoms with van der Waals surface area (Å²) in [7, 11) is 0. The van der Waals surface area contributed by atoms with Crippen LogP contribution in [0.1, 0.15) is 20.3 Å². The molecule has 0 radical (unpaired) electrons. The average molecular weight is 423 g/mol. The van der Waals surface area contributed by atoms with Crippen molar-refractivity contribution in [2.24, 2.45) is 11.8 Å². The van der Waals surface area contributed by atoms with E-state index < -0.39 is 5.92 Å². The van der Waals surface area contributed by atoms with Crippen LogP contribution >= 0.6 is 0 Å². The van der Waals surface area contributed by atoms with Crippen LogP contribution in [0.3, 0.4) is 0 Å². The Hall–Kier alpha value is -3.55. The van der Waals surface area contributed by atoms with Crippen molar-refractivity contribution in [3.8, 4) is 11.5 Å². The zero-order valence-electron chi connectivity index (χ0n) is 17.5. The molecule has 0 aliphatic carbocycles. The van der Waals surface area contributed by atoms with Crippen molar-refractivity contribution < 1.29 is 23.9 Å². The van der Waals surface area contributed by atoms with Crippen LogP contribution in [0, 0.1) is 11.8 Å². The topological polar surface area (TPSA) is 97.0 Å². The number of ether oxygens (including phenoxy) is 2. The van der Waals surface area contributed by atoms with Crippen molar-refractivity contribution in [2.45, 2.75) is 20.3 Å². The van der Waals surface area contributed by atoms with Gasteiger partial charge in [0.2, 0.25) is 17.7 Å². The number of nitrogens with one attached hydrogen (secondary N) is 2. The molecule has 0 spiro atoms. The molecule has 1 saturated heterocycles. The number of anilines is 3. The van der Waals surface area contributed by atoms with Crippen molar-refractivity contribution in [2.75, 3.05) is 35.3 Å². The van der Waals surface area contributed by atoms with Gasteiger partial charge in [0.25, 0.3) is 0 Å². The highest BCUT2D eigenvalue weighted by Gasteiger charge is 2.35. The van der Waals surface area contributed by atoms with Crippen LogP contribution in [0.4, 0.5) is 17.1 Å². The standard InChI is InChI=1S/C23H25N3O5/c1-14(2)22(28)24-16-3-5-17(6-4-16)25-23(29)15-11-21(27)26(13-15)18-7-8-19-20(12-18)31-10-9-30-19/h3-8,12,14-15H,9-11,13H2,1-2H3,(H,24,28)(H,25,29). The molecule has 0 saturated carbocycles. The number of nitrogens with zero attached hydrogens (tertiary/aromatic N) is 1. The number of hydrogen-bond acceptors (Lipinski definition) is 5. The van der Waals surface area contributed by atoms with Crippen molar-refractivity contribution in [1.29, 1.82) is 0 Å². The molecule has 31 heavy (non-hydrogen) atoms. The molecule has 2 aromatic carbocycles. The maximum absolute atomic E-state index is 12.7. The molecule has 2 aliphatic rings. The summed E-state index contributed by atoms with van der Waals surface area (Å²) < 4.78 is 11.1. The van der Waals surface area contributed by atoms with Crippen LogP contribution in [-0.2, 0) is 14.4 Å². The van der Waals surface area contributed by atoms with Gasteiger partial charge in [-0.25, -0.2) is 0 Å². The molecule has 8 heteroatoms. The number of hydrogen-bond donors (Lipinski definition) is 2. The fraction of sp³-hybridized carbons (Fsp3) is 0.348. The van der Waals surface area contributed by atoms with E-state index in [4.69, 9.17) is 9.47 Å². The van der Waals surface area contributed by atoms with E-state index in [1.165, 1.54) is 0 Å². The smallest absolute Gasteiger partial charge is 0.229 e. The zero-order valence-corrected chi connectivity index (χ0v) is 17.5. The molecule has 0 aromatic heterocycles. The van der Waals surface area contributed by atoms with Crippen molar-refractivity contribution in [3.63, 3.8) is 0 Å². The first-order chi connectivity index (χ1) is 14.9. The summed E-state index contributed by atoms with van der Waals surface area (Å²) in [6, 6.07) is 12.3. The highest BCUT2D eigenvalue weighted by Crippen LogP contribution is 2.36. The number of carbonyl (C=O) groups is 3. The Kier molecular flexibility index (Phi) is 5.79. The Bertz CT molecular complexity index is 1000. The van der Waals surface area contributed by atoms with E-state index in [2.05, 4.69) is 10.6 Å². The minimum atomic E-state index is -0.457. The van der Waals surface area contributed by atoms with Gasteiger partial charge in [-0.15, -0.1) is 0 Å². The highest BCUT2D eigenvalue weighted by molar-refractivity contribution is 6.03. The van der Waals surface area contributed by atoms with Gasteiger partial charge in [-0.1, -0.05) is 13.8 Å². The van der Waals surface area contributed by atoms with Crippen LogP contribution in [0.5, 0.6) is 11.5 Å². The zero-order chi connectivity index (χ0) is 22.0. The van der Waals surface area contributed by atoms with Crippen molar-refractivity contribution in [1.82, 2.24) is 0 Å². The second kappa shape index (κ2) is 8.67. The molecule has 2 N–H and O–H groups in total. The van der Waals surface area contributed by atoms with E-state index in [9.17, 15) is 14.4 Å². The third kappa shape index (κ3) is 4.63. The minimum absolute atomic E-state index is 0.0690. The molecular formula is C23H25N3O5. The van der Waals surface area contributed by atoms with E-state index in [-0.39, 0.29) is 30.1 Å². The second-order valence-electron chi connectivity index (χ2n) is 7.94. The molecule has 2 aliphatic heterocycles. The summed E-state index contributed by atoms with van der Waals surface area (Å²) in [5, 5.41) is 5.66. The van der Waals surface area contributed by atoms with Gasteiger partial charge >= 0.3 is 0 Å². The van der Waals surface area contributed by atoms with Crippen LogP contribution in [0.2, 0.25) is 0 Å². The lowest BCUT2D eigenvalue weighted by atomic mass is 10.1. The van der Waals surface area contributed by atoms with Gasteiger partial charge < -0.3 is 25.0 Å². The largest absolute Gasteiger partial charge is 0.486 e. The summed E-state index contributed by atoms with van der Waals surface area (Å²) in [5.41, 5.74) is 1.96. The Morgan fingerprint density at radius 1 is 0.968 bits per heavy atom. The molecule has 2 aromatic rings. The molecule has 162 valence electrons. The highest BCUT2D eigenvalue weighted by atomic mass is 16.6. The molecule has 8 nitrogen and oxygen atoms in total. The first kappa shape index (κ1) is 20.7. The van der Waals surface area contributed by atoms with Crippen LogP contribution < -0.4 is 25.0 Å². The Labute approximate surface area is 180 Å². The summed E-state index contributed by atoms with van der Waals surface area (Å²) in [4.78, 5) is 38.6. The van der Waals surface area contributed by atoms with Gasteiger partial charge in [0.05, 0.1) is 5.92 Å². The van der Waals surface area contributed by atoms with Gasteiger partial charge in [-0.2, -0.15) is 0 Å². The molecule has 0 bridgehead atoms. The fourth-order valence-electron chi connectivity index (χ4n) is 3.50. The maximum atomic E-state index is 12.7. The van der Waals surface area contributed by atoms with E-state index in [1.807, 2.05) is 13.8 Å². The summed E-state index contributed by atoms with van der Waals surface area (Å²) in [6.45, 7) is 4.91. The van der Waals surface area contributed by atoms with E-state index in [0.717, 1.165) is 0 Å². The lowest BCUT2D eigenvalue weighted by Gasteiger charge is -2.22. The normalized spacial score (nSPS) is 17.6. The Morgan fingerprint density at radius 3 is 2.29 bits per heavy atom. The molecule has 4 rings (SSSR count). The molecule has 1 unspecified atom stereocenters. The van der Waals surface area contributed by atoms with E-state index in [1.54, 1.807) is 47.4 Å². The summed E-state index contributed by atoms with van der Waals surface area (Å²) in [5.74, 6) is 0.298. The number of fused-ring (bicyclic) bond motifs is 1. The summed E-state index contributed by atoms with van der Waals surface area (Å²) >= 11 is 0. The summed E-state index contributed by atoms with van der Waals surface area (Å²) in [6.07, 6.45) is 0.142. The predicted octanol–water partition coefficient (Wildman–Crippen LogP) is 3.04. The van der Waals surface area contributed by atoms with Gasteiger partial charge in [-0.3, -0.25) is 14.4 Å². The number of rotatable bonds is 5. The average Bonchev–Trinajstić information content (AvgIpc) is 3.16. The lowest BCUT2D eigenvalue weighted by molar-refractivity contribution is -0.122. The Morgan fingerprint density at radius 2 is 1.61 bits per heavy atom. The van der Waals surface area contributed by atoms with Crippen LogP contribution in [0.15, 0.2) is 42.5 Å². The SMILES string of the molecule is CC(C)C(=O)Nc1ccc(NC(=O)C2CC(=O)N(c3ccc4c(c3)OCCO4)C2)cc1. The van der Waals surface area contributed by atoms with Gasteiger partial charge in [0.1, 0.15) is 13.2 Å². The third-order valence-corrected chi connectivity index (χ3v) is 5.28. The molecular weight excluding hydrogens is 398 g/mol. The van der Waals surface area contributed by atoms with E-state index >= 15 is 0 Å². The van der Waals surface area contributed by atoms with Crippen LogP contribution in [-0.4, -0.2) is 37.5 Å². The third-order valence-electron chi connectivity index (χ3n) is 5.28. The second-order valence-corrected chi connectivity index (χ2v) is 7.94. The quantitative estimate of drug-likeness (QED) is 0.771. The monoisotopic (exact) mass is 423 g/mol. The van der Waals surface area contributed by atoms with Crippen molar-refractivity contribution in [3.05, 3.63) is 42.5 Å². The van der Waals surface area contributed by atoms with Crippen LogP contribution in [0.25, 0.3) is 0 Å². The van der Waals surface area contributed by atoms with E-state index in [0.29, 0.717) is 48.3 Å². The number of benzene rings is 2. The molecule has 3 amide bonds. The molecule has 1 fully saturated rings. The number of amides is 3. The number of carbonyl (C=O) groups excluding carboxylic acids is 3. The van der Waals surface area contributed by atoms with Gasteiger partial charge in [0.15, 0.2) is 11.5 Å². The predicted molar refractivity (Wildman–Crippen MR) is 116 cm³/mol. The fourth-order valence-corrected chi connectivity index (χ4v) is 3.50. The first-order valence-electron chi connectivity index (χ1n) is 10.3.